The molecule has 2 N–H and O–H groups in total. The highest BCUT2D eigenvalue weighted by Gasteiger charge is 2.14. The number of anilines is 1. The van der Waals surface area contributed by atoms with Gasteiger partial charge in [0.05, 0.1) is 17.3 Å². The lowest BCUT2D eigenvalue weighted by Crippen LogP contribution is -2.28. The number of aryl methyl sites for hydroxylation is 1. The summed E-state index contributed by atoms with van der Waals surface area (Å²) in [7, 11) is 0. The van der Waals surface area contributed by atoms with Crippen molar-refractivity contribution in [2.45, 2.75) is 39.7 Å². The van der Waals surface area contributed by atoms with Crippen molar-refractivity contribution in [1.82, 2.24) is 10.3 Å². The number of urea groups is 1. The van der Waals surface area contributed by atoms with E-state index in [-0.39, 0.29) is 11.4 Å². The molecule has 1 heterocycles. The van der Waals surface area contributed by atoms with Gasteiger partial charge in [0.2, 0.25) is 0 Å². The molecule has 0 atom stereocenters. The number of rotatable bonds is 4. The van der Waals surface area contributed by atoms with Crippen molar-refractivity contribution in [1.29, 1.82) is 0 Å². The Balaban J connectivity index is 1.61. The van der Waals surface area contributed by atoms with Gasteiger partial charge in [-0.25, -0.2) is 9.78 Å². The molecule has 2 amide bonds. The maximum absolute atomic E-state index is 12.3. The minimum atomic E-state index is -0.240. The van der Waals surface area contributed by atoms with Gasteiger partial charge in [0.25, 0.3) is 0 Å². The second-order valence-electron chi connectivity index (χ2n) is 7.64. The normalized spacial score (nSPS) is 11.3. The maximum Gasteiger partial charge on any atom is 0.319 e. The van der Waals surface area contributed by atoms with Crippen LogP contribution in [0.2, 0.25) is 5.02 Å². The second kappa shape index (κ2) is 8.33. The van der Waals surface area contributed by atoms with Gasteiger partial charge < -0.3 is 10.6 Å². The number of aromatic nitrogens is 1. The molecule has 1 aromatic heterocycles. The molecule has 0 saturated carbocycles. The molecule has 0 fully saturated rings. The predicted octanol–water partition coefficient (Wildman–Crippen LogP) is 6.39. The molecule has 0 saturated heterocycles. The summed E-state index contributed by atoms with van der Waals surface area (Å²) >= 11 is 7.81. The van der Waals surface area contributed by atoms with Crippen molar-refractivity contribution in [2.75, 3.05) is 5.32 Å². The van der Waals surface area contributed by atoms with E-state index in [1.54, 1.807) is 11.3 Å². The molecule has 0 aliphatic carbocycles. The summed E-state index contributed by atoms with van der Waals surface area (Å²) in [6, 6.07) is 15.3. The summed E-state index contributed by atoms with van der Waals surface area (Å²) in [5.74, 6) is 0. The molecular formula is C22H24ClN3OS. The van der Waals surface area contributed by atoms with Gasteiger partial charge in [-0.15, -0.1) is 11.3 Å². The van der Waals surface area contributed by atoms with E-state index in [2.05, 4.69) is 36.4 Å². The van der Waals surface area contributed by atoms with Crippen LogP contribution in [0.1, 0.15) is 36.9 Å². The van der Waals surface area contributed by atoms with Crippen molar-refractivity contribution in [3.63, 3.8) is 0 Å². The molecule has 0 unspecified atom stereocenters. The standard InChI is InChI=1S/C22H24ClN3OS/c1-14-19(28-20(25-14)17-7-5-6-8-18(17)23)13-24-21(27)26-16-11-9-15(10-12-16)22(2,3)4/h5-12H,13H2,1-4H3,(H2,24,26,27). The number of nitrogens with one attached hydrogen (secondary N) is 2. The second-order valence-corrected chi connectivity index (χ2v) is 9.13. The van der Waals surface area contributed by atoms with Crippen LogP contribution in [0.15, 0.2) is 48.5 Å². The number of thiazole rings is 1. The van der Waals surface area contributed by atoms with Gasteiger partial charge in [-0.05, 0) is 36.1 Å². The van der Waals surface area contributed by atoms with E-state index in [4.69, 9.17) is 11.6 Å². The number of nitrogens with zero attached hydrogens (tertiary/aromatic N) is 1. The van der Waals surface area contributed by atoms with Gasteiger partial charge in [-0.3, -0.25) is 0 Å². The zero-order chi connectivity index (χ0) is 20.3. The van der Waals surface area contributed by atoms with Crippen LogP contribution in [0.3, 0.4) is 0 Å². The number of carbonyl (C=O) groups excluding carboxylic acids is 1. The van der Waals surface area contributed by atoms with E-state index in [9.17, 15) is 4.79 Å². The summed E-state index contributed by atoms with van der Waals surface area (Å²) < 4.78 is 0. The highest BCUT2D eigenvalue weighted by molar-refractivity contribution is 7.15. The lowest BCUT2D eigenvalue weighted by Gasteiger charge is -2.19. The Morgan fingerprint density at radius 2 is 1.79 bits per heavy atom. The zero-order valence-electron chi connectivity index (χ0n) is 16.5. The first kappa shape index (κ1) is 20.4. The first-order valence-corrected chi connectivity index (χ1v) is 10.3. The monoisotopic (exact) mass is 413 g/mol. The molecule has 146 valence electrons. The number of amides is 2. The minimum Gasteiger partial charge on any atom is -0.333 e. The molecular weight excluding hydrogens is 390 g/mol. The van der Waals surface area contributed by atoms with Crippen LogP contribution in [0.5, 0.6) is 0 Å². The van der Waals surface area contributed by atoms with E-state index < -0.39 is 0 Å². The summed E-state index contributed by atoms with van der Waals surface area (Å²) in [5.41, 5.74) is 3.89. The van der Waals surface area contributed by atoms with Crippen molar-refractivity contribution in [3.8, 4) is 10.6 Å². The molecule has 3 rings (SSSR count). The summed E-state index contributed by atoms with van der Waals surface area (Å²) in [5, 5.41) is 7.30. The minimum absolute atomic E-state index is 0.0871. The van der Waals surface area contributed by atoms with Gasteiger partial charge in [0, 0.05) is 16.1 Å². The molecule has 3 aromatic rings. The average molecular weight is 414 g/mol. The van der Waals surface area contributed by atoms with E-state index in [0.29, 0.717) is 11.6 Å². The fourth-order valence-corrected chi connectivity index (χ4v) is 4.05. The van der Waals surface area contributed by atoms with E-state index in [1.165, 1.54) is 5.56 Å². The Morgan fingerprint density at radius 3 is 2.43 bits per heavy atom. The number of carbonyl (C=O) groups is 1. The van der Waals surface area contributed by atoms with Crippen LogP contribution in [-0.2, 0) is 12.0 Å². The molecule has 4 nitrogen and oxygen atoms in total. The first-order chi connectivity index (χ1) is 13.2. The van der Waals surface area contributed by atoms with Crippen LogP contribution in [0.25, 0.3) is 10.6 Å². The fraction of sp³-hybridized carbons (Fsp3) is 0.273. The van der Waals surface area contributed by atoms with Crippen molar-refractivity contribution in [2.24, 2.45) is 0 Å². The Morgan fingerprint density at radius 1 is 1.11 bits per heavy atom. The van der Waals surface area contributed by atoms with E-state index in [0.717, 1.165) is 26.8 Å². The molecule has 2 aromatic carbocycles. The van der Waals surface area contributed by atoms with Crippen LogP contribution in [-0.4, -0.2) is 11.0 Å². The number of hydrogen-bond donors (Lipinski definition) is 2. The number of halogens is 1. The maximum atomic E-state index is 12.3. The number of benzene rings is 2. The average Bonchev–Trinajstić information content (AvgIpc) is 3.00. The van der Waals surface area contributed by atoms with Crippen molar-refractivity contribution >= 4 is 34.7 Å². The molecule has 0 radical (unpaired) electrons. The van der Waals surface area contributed by atoms with Gasteiger partial charge >= 0.3 is 6.03 Å². The van der Waals surface area contributed by atoms with Crippen molar-refractivity contribution < 1.29 is 4.79 Å². The van der Waals surface area contributed by atoms with Gasteiger partial charge in [0.15, 0.2) is 0 Å². The third-order valence-electron chi connectivity index (χ3n) is 4.42. The topological polar surface area (TPSA) is 54.0 Å². The molecule has 0 bridgehead atoms. The molecule has 0 spiro atoms. The van der Waals surface area contributed by atoms with Crippen LogP contribution >= 0.6 is 22.9 Å². The Labute approximate surface area is 175 Å². The van der Waals surface area contributed by atoms with Gasteiger partial charge in [0.1, 0.15) is 5.01 Å². The van der Waals surface area contributed by atoms with E-state index >= 15 is 0 Å². The largest absolute Gasteiger partial charge is 0.333 e. The molecule has 0 aliphatic heterocycles. The van der Waals surface area contributed by atoms with Crippen LogP contribution in [0.4, 0.5) is 10.5 Å². The predicted molar refractivity (Wildman–Crippen MR) is 118 cm³/mol. The highest BCUT2D eigenvalue weighted by atomic mass is 35.5. The lowest BCUT2D eigenvalue weighted by molar-refractivity contribution is 0.252. The van der Waals surface area contributed by atoms with E-state index in [1.807, 2.05) is 55.5 Å². The van der Waals surface area contributed by atoms with Crippen molar-refractivity contribution in [3.05, 3.63) is 69.7 Å². The summed E-state index contributed by atoms with van der Waals surface area (Å²) in [4.78, 5) is 17.9. The quantitative estimate of drug-likeness (QED) is 0.520. The smallest absolute Gasteiger partial charge is 0.319 e. The molecule has 28 heavy (non-hydrogen) atoms. The highest BCUT2D eigenvalue weighted by Crippen LogP contribution is 2.32. The third-order valence-corrected chi connectivity index (χ3v) is 5.94. The lowest BCUT2D eigenvalue weighted by atomic mass is 9.87. The SMILES string of the molecule is Cc1nc(-c2ccccc2Cl)sc1CNC(=O)Nc1ccc(C(C)(C)C)cc1. The summed E-state index contributed by atoms with van der Waals surface area (Å²) in [6.45, 7) is 8.85. The fourth-order valence-electron chi connectivity index (χ4n) is 2.73. The Bertz CT molecular complexity index is 974. The van der Waals surface area contributed by atoms with Crippen LogP contribution < -0.4 is 10.6 Å². The number of hydrogen-bond acceptors (Lipinski definition) is 3. The molecule has 0 aliphatic rings. The summed E-state index contributed by atoms with van der Waals surface area (Å²) in [6.07, 6.45) is 0. The first-order valence-electron chi connectivity index (χ1n) is 9.10. The third kappa shape index (κ3) is 4.91. The zero-order valence-corrected chi connectivity index (χ0v) is 18.0. The Kier molecular flexibility index (Phi) is 6.06. The molecule has 6 heteroatoms. The Hall–Kier alpha value is -2.37. The van der Waals surface area contributed by atoms with Crippen LogP contribution in [0, 0.1) is 6.92 Å². The van der Waals surface area contributed by atoms with Gasteiger partial charge in [-0.2, -0.15) is 0 Å². The van der Waals surface area contributed by atoms with Gasteiger partial charge in [-0.1, -0.05) is 62.7 Å².